The zero-order valence-electron chi connectivity index (χ0n) is 10.6. The zero-order valence-corrected chi connectivity index (χ0v) is 11.4. The van der Waals surface area contributed by atoms with Crippen molar-refractivity contribution in [1.29, 1.82) is 0 Å². The maximum absolute atomic E-state index is 12.0. The highest BCUT2D eigenvalue weighted by Gasteiger charge is 2.13. The van der Waals surface area contributed by atoms with Crippen LogP contribution < -0.4 is 9.46 Å². The van der Waals surface area contributed by atoms with E-state index in [-0.39, 0.29) is 4.90 Å². The molecule has 0 saturated heterocycles. The van der Waals surface area contributed by atoms with Gasteiger partial charge in [-0.05, 0) is 42.3 Å². The molecule has 0 fully saturated rings. The number of ether oxygens (including phenoxy) is 1. The van der Waals surface area contributed by atoms with Gasteiger partial charge in [-0.15, -0.1) is 0 Å². The van der Waals surface area contributed by atoms with Crippen molar-refractivity contribution < 1.29 is 13.2 Å². The van der Waals surface area contributed by atoms with E-state index in [1.165, 1.54) is 12.1 Å². The maximum Gasteiger partial charge on any atom is 0.240 e. The van der Waals surface area contributed by atoms with E-state index in [4.69, 9.17) is 4.74 Å². The SMILES string of the molecule is COc1ccc(S(=O)(=O)NCCc2cc[nH]c2)cc1. The third kappa shape index (κ3) is 3.59. The fraction of sp³-hybridized carbons (Fsp3) is 0.231. The molecule has 1 aromatic carbocycles. The van der Waals surface area contributed by atoms with E-state index >= 15 is 0 Å². The van der Waals surface area contributed by atoms with Gasteiger partial charge in [0.1, 0.15) is 5.75 Å². The summed E-state index contributed by atoms with van der Waals surface area (Å²) in [5.74, 6) is 0.631. The number of nitrogens with one attached hydrogen (secondary N) is 2. The fourth-order valence-corrected chi connectivity index (χ4v) is 2.71. The summed E-state index contributed by atoms with van der Waals surface area (Å²) >= 11 is 0. The van der Waals surface area contributed by atoms with Gasteiger partial charge in [-0.2, -0.15) is 0 Å². The standard InChI is InChI=1S/C13H16N2O3S/c1-18-12-2-4-13(5-3-12)19(16,17)15-9-7-11-6-8-14-10-11/h2-6,8,10,14-15H,7,9H2,1H3. The minimum atomic E-state index is -3.45. The molecule has 0 aliphatic carbocycles. The van der Waals surface area contributed by atoms with Crippen molar-refractivity contribution in [3.63, 3.8) is 0 Å². The molecule has 1 heterocycles. The van der Waals surface area contributed by atoms with E-state index in [9.17, 15) is 8.42 Å². The van der Waals surface area contributed by atoms with Gasteiger partial charge in [-0.1, -0.05) is 0 Å². The lowest BCUT2D eigenvalue weighted by Gasteiger charge is -2.07. The highest BCUT2D eigenvalue weighted by Crippen LogP contribution is 2.15. The van der Waals surface area contributed by atoms with Crippen molar-refractivity contribution >= 4 is 10.0 Å². The zero-order chi connectivity index (χ0) is 13.7. The van der Waals surface area contributed by atoms with Crippen LogP contribution in [0.25, 0.3) is 0 Å². The number of rotatable bonds is 6. The fourth-order valence-electron chi connectivity index (χ4n) is 1.68. The molecule has 0 atom stereocenters. The summed E-state index contributed by atoms with van der Waals surface area (Å²) < 4.78 is 31.6. The minimum absolute atomic E-state index is 0.238. The highest BCUT2D eigenvalue weighted by molar-refractivity contribution is 7.89. The van der Waals surface area contributed by atoms with Crippen LogP contribution in [0.15, 0.2) is 47.6 Å². The van der Waals surface area contributed by atoms with Crippen LogP contribution in [0.3, 0.4) is 0 Å². The average Bonchev–Trinajstić information content (AvgIpc) is 2.92. The average molecular weight is 280 g/mol. The van der Waals surface area contributed by atoms with E-state index < -0.39 is 10.0 Å². The quantitative estimate of drug-likeness (QED) is 0.843. The normalized spacial score (nSPS) is 11.4. The first-order chi connectivity index (χ1) is 9.12. The van der Waals surface area contributed by atoms with Crippen LogP contribution >= 0.6 is 0 Å². The highest BCUT2D eigenvalue weighted by atomic mass is 32.2. The number of aromatic nitrogens is 1. The summed E-state index contributed by atoms with van der Waals surface area (Å²) in [5.41, 5.74) is 1.07. The van der Waals surface area contributed by atoms with E-state index in [1.807, 2.05) is 18.5 Å². The van der Waals surface area contributed by atoms with Gasteiger partial charge in [0.25, 0.3) is 0 Å². The molecule has 0 amide bonds. The molecule has 102 valence electrons. The predicted molar refractivity (Wildman–Crippen MR) is 72.7 cm³/mol. The minimum Gasteiger partial charge on any atom is -0.497 e. The first-order valence-electron chi connectivity index (χ1n) is 5.87. The lowest BCUT2D eigenvalue weighted by atomic mass is 10.2. The second-order valence-electron chi connectivity index (χ2n) is 4.04. The number of methoxy groups -OCH3 is 1. The molecule has 1 aromatic heterocycles. The van der Waals surface area contributed by atoms with E-state index in [0.717, 1.165) is 5.56 Å². The van der Waals surface area contributed by atoms with Crippen molar-refractivity contribution in [2.75, 3.05) is 13.7 Å². The Bertz CT molecular complexity index is 604. The second-order valence-corrected chi connectivity index (χ2v) is 5.81. The summed E-state index contributed by atoms with van der Waals surface area (Å²) in [6.45, 7) is 0.367. The Morgan fingerprint density at radius 1 is 1.21 bits per heavy atom. The molecule has 5 nitrogen and oxygen atoms in total. The van der Waals surface area contributed by atoms with Gasteiger partial charge in [0.05, 0.1) is 12.0 Å². The van der Waals surface area contributed by atoms with E-state index in [1.54, 1.807) is 19.2 Å². The van der Waals surface area contributed by atoms with Crippen LogP contribution in [0.2, 0.25) is 0 Å². The molecule has 0 radical (unpaired) electrons. The topological polar surface area (TPSA) is 71.2 Å². The van der Waals surface area contributed by atoms with Crippen molar-refractivity contribution in [3.8, 4) is 5.75 Å². The molecule has 2 aromatic rings. The van der Waals surface area contributed by atoms with Gasteiger partial charge >= 0.3 is 0 Å². The van der Waals surface area contributed by atoms with Crippen LogP contribution in [0.1, 0.15) is 5.56 Å². The Hall–Kier alpha value is -1.79. The molecule has 2 N–H and O–H groups in total. The smallest absolute Gasteiger partial charge is 0.240 e. The Morgan fingerprint density at radius 3 is 2.53 bits per heavy atom. The Kier molecular flexibility index (Phi) is 4.24. The molecule has 0 aliphatic rings. The van der Waals surface area contributed by atoms with Crippen LogP contribution in [0.5, 0.6) is 5.75 Å². The van der Waals surface area contributed by atoms with Gasteiger partial charge in [-0.3, -0.25) is 0 Å². The summed E-state index contributed by atoms with van der Waals surface area (Å²) in [6.07, 6.45) is 4.31. The Balaban J connectivity index is 1.97. The number of aromatic amines is 1. The summed E-state index contributed by atoms with van der Waals surface area (Å²) in [4.78, 5) is 3.17. The molecule has 0 saturated carbocycles. The summed E-state index contributed by atoms with van der Waals surface area (Å²) in [7, 11) is -1.91. The maximum atomic E-state index is 12.0. The lowest BCUT2D eigenvalue weighted by Crippen LogP contribution is -2.25. The first kappa shape index (κ1) is 13.6. The van der Waals surface area contributed by atoms with E-state index in [0.29, 0.717) is 18.7 Å². The monoisotopic (exact) mass is 280 g/mol. The molecule has 0 bridgehead atoms. The molecule has 2 rings (SSSR count). The van der Waals surface area contributed by atoms with Crippen molar-refractivity contribution in [1.82, 2.24) is 9.71 Å². The first-order valence-corrected chi connectivity index (χ1v) is 7.35. The molecule has 6 heteroatoms. The number of hydrogen-bond donors (Lipinski definition) is 2. The van der Waals surface area contributed by atoms with Crippen LogP contribution in [0, 0.1) is 0 Å². The lowest BCUT2D eigenvalue weighted by molar-refractivity contribution is 0.414. The van der Waals surface area contributed by atoms with Crippen LogP contribution in [-0.4, -0.2) is 27.1 Å². The van der Waals surface area contributed by atoms with Crippen molar-refractivity contribution in [3.05, 3.63) is 48.3 Å². The molecule has 0 unspecified atom stereocenters. The second kappa shape index (κ2) is 5.90. The van der Waals surface area contributed by atoms with Crippen LogP contribution in [0.4, 0.5) is 0 Å². The van der Waals surface area contributed by atoms with E-state index in [2.05, 4.69) is 9.71 Å². The molecule has 0 aliphatic heterocycles. The third-order valence-electron chi connectivity index (χ3n) is 2.74. The third-order valence-corrected chi connectivity index (χ3v) is 4.21. The van der Waals surface area contributed by atoms with Gasteiger partial charge in [0.15, 0.2) is 0 Å². The Morgan fingerprint density at radius 2 is 1.95 bits per heavy atom. The number of sulfonamides is 1. The number of H-pyrrole nitrogens is 1. The van der Waals surface area contributed by atoms with Gasteiger partial charge < -0.3 is 9.72 Å². The van der Waals surface area contributed by atoms with Gasteiger partial charge in [-0.25, -0.2) is 13.1 Å². The molecular formula is C13H16N2O3S. The van der Waals surface area contributed by atoms with Gasteiger partial charge in [0.2, 0.25) is 10.0 Å². The summed E-state index contributed by atoms with van der Waals surface area (Å²) in [6, 6.07) is 8.22. The Labute approximate surface area is 112 Å². The predicted octanol–water partition coefficient (Wildman–Crippen LogP) is 1.54. The number of benzene rings is 1. The molecule has 19 heavy (non-hydrogen) atoms. The van der Waals surface area contributed by atoms with Crippen molar-refractivity contribution in [2.24, 2.45) is 0 Å². The molecular weight excluding hydrogens is 264 g/mol. The summed E-state index contributed by atoms with van der Waals surface area (Å²) in [5, 5.41) is 0. The largest absolute Gasteiger partial charge is 0.497 e. The van der Waals surface area contributed by atoms with Crippen LogP contribution in [-0.2, 0) is 16.4 Å². The molecule has 0 spiro atoms. The number of hydrogen-bond acceptors (Lipinski definition) is 3. The van der Waals surface area contributed by atoms with Gasteiger partial charge in [0, 0.05) is 18.9 Å². The van der Waals surface area contributed by atoms with Crippen molar-refractivity contribution in [2.45, 2.75) is 11.3 Å².